The number of anilines is 1. The maximum Gasteiger partial charge on any atom is 0.265 e. The maximum atomic E-state index is 12.4. The molecule has 2 N–H and O–H groups in total. The van der Waals surface area contributed by atoms with E-state index in [0.29, 0.717) is 29.3 Å². The topological polar surface area (TPSA) is 85.9 Å². The predicted octanol–water partition coefficient (Wildman–Crippen LogP) is 3.01. The van der Waals surface area contributed by atoms with E-state index in [2.05, 4.69) is 10.6 Å². The highest BCUT2D eigenvalue weighted by molar-refractivity contribution is 5.98. The van der Waals surface area contributed by atoms with Gasteiger partial charge in [-0.1, -0.05) is 6.07 Å². The van der Waals surface area contributed by atoms with Crippen LogP contribution in [0.3, 0.4) is 0 Å². The van der Waals surface area contributed by atoms with Gasteiger partial charge >= 0.3 is 0 Å². The Morgan fingerprint density at radius 2 is 1.93 bits per heavy atom. The number of carbonyl (C=O) groups excluding carboxylic acids is 2. The van der Waals surface area contributed by atoms with E-state index in [1.54, 1.807) is 62.6 Å². The van der Waals surface area contributed by atoms with Gasteiger partial charge in [-0.3, -0.25) is 9.59 Å². The summed E-state index contributed by atoms with van der Waals surface area (Å²) < 4.78 is 16.3. The van der Waals surface area contributed by atoms with Crippen LogP contribution in [0.15, 0.2) is 48.5 Å². The molecular formula is C22H26N2O5. The summed E-state index contributed by atoms with van der Waals surface area (Å²) in [6, 6.07) is 13.8. The molecule has 2 amide bonds. The first kappa shape index (κ1) is 20.7. The van der Waals surface area contributed by atoms with Crippen molar-refractivity contribution in [2.45, 2.75) is 32.0 Å². The lowest BCUT2D eigenvalue weighted by molar-refractivity contribution is -0.122. The zero-order chi connectivity index (χ0) is 20.6. The monoisotopic (exact) mass is 398 g/mol. The molecule has 0 aromatic heterocycles. The third-order valence-corrected chi connectivity index (χ3v) is 4.65. The molecule has 1 fully saturated rings. The molecule has 3 rings (SSSR count). The van der Waals surface area contributed by atoms with E-state index in [4.69, 9.17) is 14.2 Å². The Bertz CT molecular complexity index is 831. The van der Waals surface area contributed by atoms with Crippen molar-refractivity contribution in [2.24, 2.45) is 0 Å². The molecule has 1 aliphatic rings. The third-order valence-electron chi connectivity index (χ3n) is 4.65. The average molecular weight is 398 g/mol. The summed E-state index contributed by atoms with van der Waals surface area (Å²) >= 11 is 0. The van der Waals surface area contributed by atoms with Gasteiger partial charge in [0.1, 0.15) is 11.5 Å². The van der Waals surface area contributed by atoms with Gasteiger partial charge in [0.25, 0.3) is 11.8 Å². The van der Waals surface area contributed by atoms with Crippen molar-refractivity contribution in [2.75, 3.05) is 25.6 Å². The Kier molecular flexibility index (Phi) is 7.08. The van der Waals surface area contributed by atoms with Crippen LogP contribution in [0.5, 0.6) is 11.5 Å². The van der Waals surface area contributed by atoms with Crippen LogP contribution >= 0.6 is 0 Å². The Balaban J connectivity index is 1.53. The summed E-state index contributed by atoms with van der Waals surface area (Å²) in [7, 11) is 1.59. The largest absolute Gasteiger partial charge is 0.497 e. The van der Waals surface area contributed by atoms with E-state index >= 15 is 0 Å². The number of methoxy groups -OCH3 is 1. The Morgan fingerprint density at radius 1 is 1.17 bits per heavy atom. The number of ether oxygens (including phenoxy) is 3. The second-order valence-corrected chi connectivity index (χ2v) is 6.85. The van der Waals surface area contributed by atoms with Crippen LogP contribution in [-0.4, -0.2) is 44.3 Å². The lowest BCUT2D eigenvalue weighted by atomic mass is 10.1. The van der Waals surface area contributed by atoms with Crippen LogP contribution in [0.1, 0.15) is 30.1 Å². The van der Waals surface area contributed by atoms with Crippen LogP contribution < -0.4 is 20.1 Å². The minimum atomic E-state index is -0.708. The number of carbonyl (C=O) groups is 2. The summed E-state index contributed by atoms with van der Waals surface area (Å²) in [5, 5.41) is 5.66. The highest BCUT2D eigenvalue weighted by Crippen LogP contribution is 2.19. The normalized spacial score (nSPS) is 16.7. The SMILES string of the molecule is COc1ccc(OC(C)C(=O)Nc2cccc(C(=O)NCC3CCCO3)c2)cc1. The molecule has 1 aliphatic heterocycles. The lowest BCUT2D eigenvalue weighted by Gasteiger charge is -2.15. The van der Waals surface area contributed by atoms with Crippen molar-refractivity contribution >= 4 is 17.5 Å². The lowest BCUT2D eigenvalue weighted by Crippen LogP contribution is -2.32. The summed E-state index contributed by atoms with van der Waals surface area (Å²) in [5.41, 5.74) is 1.01. The van der Waals surface area contributed by atoms with Gasteiger partial charge in [0, 0.05) is 24.4 Å². The molecule has 0 radical (unpaired) electrons. The second kappa shape index (κ2) is 9.93. The molecule has 7 heteroatoms. The Hall–Kier alpha value is -3.06. The van der Waals surface area contributed by atoms with E-state index < -0.39 is 6.10 Å². The van der Waals surface area contributed by atoms with E-state index in [9.17, 15) is 9.59 Å². The first-order chi connectivity index (χ1) is 14.0. The molecular weight excluding hydrogens is 372 g/mol. The number of rotatable bonds is 8. The molecule has 0 saturated carbocycles. The van der Waals surface area contributed by atoms with E-state index in [-0.39, 0.29) is 17.9 Å². The zero-order valence-corrected chi connectivity index (χ0v) is 16.6. The standard InChI is InChI=1S/C22H26N2O5/c1-15(29-19-10-8-18(27-2)9-11-19)21(25)24-17-6-3-5-16(13-17)22(26)23-14-20-7-4-12-28-20/h3,5-6,8-11,13,15,20H,4,7,12,14H2,1-2H3,(H,23,26)(H,24,25). The Labute approximate surface area is 170 Å². The number of amides is 2. The molecule has 0 bridgehead atoms. The summed E-state index contributed by atoms with van der Waals surface area (Å²) in [4.78, 5) is 24.8. The molecule has 7 nitrogen and oxygen atoms in total. The maximum absolute atomic E-state index is 12.4. The van der Waals surface area contributed by atoms with Crippen molar-refractivity contribution in [1.29, 1.82) is 0 Å². The third kappa shape index (κ3) is 5.96. The number of hydrogen-bond acceptors (Lipinski definition) is 5. The van der Waals surface area contributed by atoms with Gasteiger partial charge in [-0.2, -0.15) is 0 Å². The minimum absolute atomic E-state index is 0.0813. The molecule has 154 valence electrons. The van der Waals surface area contributed by atoms with Crippen LogP contribution in [0.4, 0.5) is 5.69 Å². The molecule has 2 unspecified atom stereocenters. The van der Waals surface area contributed by atoms with Gasteiger partial charge in [-0.25, -0.2) is 0 Å². The van der Waals surface area contributed by atoms with Gasteiger partial charge in [0.05, 0.1) is 13.2 Å². The van der Waals surface area contributed by atoms with Gasteiger partial charge in [-0.05, 0) is 62.2 Å². The van der Waals surface area contributed by atoms with E-state index in [1.165, 1.54) is 0 Å². The molecule has 1 saturated heterocycles. The van der Waals surface area contributed by atoms with Crippen LogP contribution in [0.2, 0.25) is 0 Å². The molecule has 29 heavy (non-hydrogen) atoms. The van der Waals surface area contributed by atoms with Gasteiger partial charge in [0.2, 0.25) is 0 Å². The number of benzene rings is 2. The van der Waals surface area contributed by atoms with Crippen LogP contribution in [-0.2, 0) is 9.53 Å². The van der Waals surface area contributed by atoms with E-state index in [1.807, 2.05) is 0 Å². The highest BCUT2D eigenvalue weighted by Gasteiger charge is 2.18. The van der Waals surface area contributed by atoms with Crippen molar-refractivity contribution in [3.8, 4) is 11.5 Å². The quantitative estimate of drug-likeness (QED) is 0.714. The number of nitrogens with one attached hydrogen (secondary N) is 2. The van der Waals surface area contributed by atoms with Gasteiger partial charge in [-0.15, -0.1) is 0 Å². The van der Waals surface area contributed by atoms with Crippen molar-refractivity contribution in [3.05, 3.63) is 54.1 Å². The first-order valence-corrected chi connectivity index (χ1v) is 9.66. The summed E-state index contributed by atoms with van der Waals surface area (Å²) in [6.07, 6.45) is 1.36. The highest BCUT2D eigenvalue weighted by atomic mass is 16.5. The van der Waals surface area contributed by atoms with E-state index in [0.717, 1.165) is 19.4 Å². The molecule has 2 aromatic carbocycles. The fraction of sp³-hybridized carbons (Fsp3) is 0.364. The molecule has 2 atom stereocenters. The molecule has 2 aromatic rings. The fourth-order valence-electron chi connectivity index (χ4n) is 3.01. The Morgan fingerprint density at radius 3 is 2.62 bits per heavy atom. The van der Waals surface area contributed by atoms with Crippen LogP contribution in [0, 0.1) is 0 Å². The summed E-state index contributed by atoms with van der Waals surface area (Å²) in [6.45, 7) is 2.90. The van der Waals surface area contributed by atoms with Crippen molar-refractivity contribution in [1.82, 2.24) is 5.32 Å². The molecule has 0 spiro atoms. The smallest absolute Gasteiger partial charge is 0.265 e. The van der Waals surface area contributed by atoms with Gasteiger partial charge in [0.15, 0.2) is 6.10 Å². The first-order valence-electron chi connectivity index (χ1n) is 9.66. The van der Waals surface area contributed by atoms with Crippen LogP contribution in [0.25, 0.3) is 0 Å². The fourth-order valence-corrected chi connectivity index (χ4v) is 3.01. The summed E-state index contributed by atoms with van der Waals surface area (Å²) in [5.74, 6) is 0.775. The molecule has 1 heterocycles. The molecule has 0 aliphatic carbocycles. The predicted molar refractivity (Wildman–Crippen MR) is 109 cm³/mol. The van der Waals surface area contributed by atoms with Crippen molar-refractivity contribution < 1.29 is 23.8 Å². The number of hydrogen-bond donors (Lipinski definition) is 2. The minimum Gasteiger partial charge on any atom is -0.497 e. The van der Waals surface area contributed by atoms with Gasteiger partial charge < -0.3 is 24.8 Å². The zero-order valence-electron chi connectivity index (χ0n) is 16.6. The van der Waals surface area contributed by atoms with Crippen molar-refractivity contribution in [3.63, 3.8) is 0 Å². The second-order valence-electron chi connectivity index (χ2n) is 6.85. The average Bonchev–Trinajstić information content (AvgIpc) is 3.26.